The van der Waals surface area contributed by atoms with Gasteiger partial charge in [-0.3, -0.25) is 0 Å². The molecule has 1 N–H and O–H groups in total. The van der Waals surface area contributed by atoms with Gasteiger partial charge in [0.1, 0.15) is 0 Å². The summed E-state index contributed by atoms with van der Waals surface area (Å²) in [5, 5.41) is 13.5. The minimum absolute atomic E-state index is 0.774. The number of hydrogen-bond donors (Lipinski definition) is 1. The van der Waals surface area contributed by atoms with Gasteiger partial charge in [-0.1, -0.05) is 85.9 Å². The Bertz CT molecular complexity index is 557. The third kappa shape index (κ3) is 7.55. The molecule has 1 aromatic heterocycles. The highest BCUT2D eigenvalue weighted by Gasteiger charge is 2.05. The topological polar surface area (TPSA) is 37.8 Å². The molecular weight excluding hydrogens is 346 g/mol. The number of thioether (sulfide) groups is 1. The molecule has 6 heteroatoms. The first-order valence-corrected chi connectivity index (χ1v) is 10.4. The maximum absolute atomic E-state index is 5.89. The van der Waals surface area contributed by atoms with Crippen molar-refractivity contribution < 1.29 is 0 Å². The summed E-state index contributed by atoms with van der Waals surface area (Å²) >= 11 is 9.24. The first kappa shape index (κ1) is 18.6. The molecule has 0 aliphatic rings. The lowest BCUT2D eigenvalue weighted by atomic mass is 10.1. The van der Waals surface area contributed by atoms with Crippen LogP contribution in [0.4, 0.5) is 5.13 Å². The maximum atomic E-state index is 5.89. The quantitative estimate of drug-likeness (QED) is 0.375. The van der Waals surface area contributed by atoms with Crippen molar-refractivity contribution in [1.82, 2.24) is 10.2 Å². The number of nitrogens with zero attached hydrogens (tertiary/aromatic N) is 2. The van der Waals surface area contributed by atoms with Crippen molar-refractivity contribution in [2.24, 2.45) is 0 Å². The molecule has 0 saturated carbocycles. The summed E-state index contributed by atoms with van der Waals surface area (Å²) in [4.78, 5) is 0. The van der Waals surface area contributed by atoms with Crippen molar-refractivity contribution in [3.05, 3.63) is 34.9 Å². The molecule has 0 aliphatic carbocycles. The van der Waals surface area contributed by atoms with Crippen LogP contribution in [0.2, 0.25) is 5.02 Å². The normalized spacial score (nSPS) is 10.9. The number of anilines is 1. The highest BCUT2D eigenvalue weighted by Crippen LogP contribution is 2.28. The van der Waals surface area contributed by atoms with Crippen LogP contribution in [-0.4, -0.2) is 16.7 Å². The van der Waals surface area contributed by atoms with E-state index in [1.807, 2.05) is 24.3 Å². The molecule has 0 amide bonds. The third-order valence-corrected chi connectivity index (χ3v) is 5.83. The van der Waals surface area contributed by atoms with E-state index < -0.39 is 0 Å². The third-order valence-electron chi connectivity index (χ3n) is 3.49. The SMILES string of the molecule is CCCCCCCCNc1nnc(SCc2ccc(Cl)cc2)s1. The van der Waals surface area contributed by atoms with Gasteiger partial charge in [0.05, 0.1) is 0 Å². The molecule has 2 aromatic rings. The van der Waals surface area contributed by atoms with E-state index in [4.69, 9.17) is 11.6 Å². The van der Waals surface area contributed by atoms with E-state index in [9.17, 15) is 0 Å². The van der Waals surface area contributed by atoms with Gasteiger partial charge in [-0.15, -0.1) is 10.2 Å². The molecule has 0 atom stereocenters. The zero-order valence-corrected chi connectivity index (χ0v) is 15.9. The lowest BCUT2D eigenvalue weighted by Gasteiger charge is -2.01. The molecule has 3 nitrogen and oxygen atoms in total. The smallest absolute Gasteiger partial charge is 0.206 e. The van der Waals surface area contributed by atoms with Gasteiger partial charge in [-0.2, -0.15) is 0 Å². The van der Waals surface area contributed by atoms with Crippen molar-refractivity contribution in [1.29, 1.82) is 0 Å². The molecule has 0 radical (unpaired) electrons. The van der Waals surface area contributed by atoms with Crippen LogP contribution < -0.4 is 5.32 Å². The Morgan fingerprint density at radius 1 is 1.04 bits per heavy atom. The van der Waals surface area contributed by atoms with Gasteiger partial charge in [0.2, 0.25) is 5.13 Å². The fraction of sp³-hybridized carbons (Fsp3) is 0.529. The predicted molar refractivity (Wildman–Crippen MR) is 103 cm³/mol. The van der Waals surface area contributed by atoms with Crippen molar-refractivity contribution in [3.63, 3.8) is 0 Å². The highest BCUT2D eigenvalue weighted by atomic mass is 35.5. The Labute approximate surface area is 152 Å². The van der Waals surface area contributed by atoms with Gasteiger partial charge in [-0.25, -0.2) is 0 Å². The fourth-order valence-corrected chi connectivity index (χ4v) is 4.03. The Morgan fingerprint density at radius 2 is 1.78 bits per heavy atom. The van der Waals surface area contributed by atoms with Crippen LogP contribution >= 0.6 is 34.7 Å². The van der Waals surface area contributed by atoms with Crippen molar-refractivity contribution >= 4 is 39.8 Å². The molecular formula is C17H24ClN3S2. The van der Waals surface area contributed by atoms with Crippen LogP contribution in [0.5, 0.6) is 0 Å². The second-order valence-corrected chi connectivity index (χ2v) is 8.12. The number of hydrogen-bond acceptors (Lipinski definition) is 5. The van der Waals surface area contributed by atoms with Crippen LogP contribution in [0, 0.1) is 0 Å². The summed E-state index contributed by atoms with van der Waals surface area (Å²) < 4.78 is 1.00. The van der Waals surface area contributed by atoms with E-state index in [1.165, 1.54) is 44.1 Å². The van der Waals surface area contributed by atoms with Gasteiger partial charge >= 0.3 is 0 Å². The summed E-state index contributed by atoms with van der Waals surface area (Å²) in [6, 6.07) is 7.94. The van der Waals surface area contributed by atoms with Crippen LogP contribution in [-0.2, 0) is 5.75 Å². The predicted octanol–water partition coefficient (Wildman–Crippen LogP) is 6.26. The summed E-state index contributed by atoms with van der Waals surface area (Å²) in [6.45, 7) is 3.24. The van der Waals surface area contributed by atoms with Gasteiger partial charge in [0, 0.05) is 17.3 Å². The number of rotatable bonds is 11. The van der Waals surface area contributed by atoms with E-state index in [1.54, 1.807) is 23.1 Å². The van der Waals surface area contributed by atoms with E-state index in [-0.39, 0.29) is 0 Å². The average Bonchev–Trinajstić information content (AvgIpc) is 3.01. The second kappa shape index (κ2) is 10.9. The minimum atomic E-state index is 0.774. The van der Waals surface area contributed by atoms with Crippen LogP contribution in [0.15, 0.2) is 28.6 Å². The number of halogens is 1. The van der Waals surface area contributed by atoms with Gasteiger partial charge in [-0.05, 0) is 24.1 Å². The monoisotopic (exact) mass is 369 g/mol. The molecule has 1 heterocycles. The lowest BCUT2D eigenvalue weighted by Crippen LogP contribution is -2.00. The van der Waals surface area contributed by atoms with E-state index in [0.29, 0.717) is 0 Å². The summed E-state index contributed by atoms with van der Waals surface area (Å²) in [5.74, 6) is 0.892. The number of unbranched alkanes of at least 4 members (excludes halogenated alkanes) is 5. The molecule has 0 spiro atoms. The number of nitrogens with one attached hydrogen (secondary N) is 1. The molecule has 0 saturated heterocycles. The Balaban J connectivity index is 1.62. The Morgan fingerprint density at radius 3 is 2.57 bits per heavy atom. The standard InChI is InChI=1S/C17H24ClN3S2/c1-2-3-4-5-6-7-12-19-16-20-21-17(23-16)22-13-14-8-10-15(18)11-9-14/h8-11H,2-7,12-13H2,1H3,(H,19,20). The molecule has 0 bridgehead atoms. The molecule has 0 unspecified atom stereocenters. The number of benzene rings is 1. The molecule has 23 heavy (non-hydrogen) atoms. The maximum Gasteiger partial charge on any atom is 0.206 e. The first-order valence-electron chi connectivity index (χ1n) is 8.22. The van der Waals surface area contributed by atoms with Crippen molar-refractivity contribution in [2.45, 2.75) is 55.5 Å². The number of aromatic nitrogens is 2. The van der Waals surface area contributed by atoms with Crippen LogP contribution in [0.3, 0.4) is 0 Å². The van der Waals surface area contributed by atoms with Gasteiger partial charge in [0.15, 0.2) is 4.34 Å². The fourth-order valence-electron chi connectivity index (χ4n) is 2.17. The Kier molecular flexibility index (Phi) is 8.79. The van der Waals surface area contributed by atoms with E-state index >= 15 is 0 Å². The van der Waals surface area contributed by atoms with Gasteiger partial charge < -0.3 is 5.32 Å². The summed E-state index contributed by atoms with van der Waals surface area (Å²) in [5.41, 5.74) is 1.25. The van der Waals surface area contributed by atoms with Crippen molar-refractivity contribution in [2.75, 3.05) is 11.9 Å². The minimum Gasteiger partial charge on any atom is -0.360 e. The molecule has 2 rings (SSSR count). The first-order chi connectivity index (χ1) is 11.3. The lowest BCUT2D eigenvalue weighted by molar-refractivity contribution is 0.617. The van der Waals surface area contributed by atoms with E-state index in [2.05, 4.69) is 22.4 Å². The Hall–Kier alpha value is -0.780. The zero-order chi connectivity index (χ0) is 16.3. The molecule has 1 aromatic carbocycles. The largest absolute Gasteiger partial charge is 0.360 e. The second-order valence-electron chi connectivity index (χ2n) is 5.48. The molecule has 126 valence electrons. The highest BCUT2D eigenvalue weighted by molar-refractivity contribution is 8.00. The molecule has 0 aliphatic heterocycles. The van der Waals surface area contributed by atoms with Crippen molar-refractivity contribution in [3.8, 4) is 0 Å². The van der Waals surface area contributed by atoms with Crippen LogP contribution in [0.25, 0.3) is 0 Å². The zero-order valence-electron chi connectivity index (χ0n) is 13.6. The summed E-state index contributed by atoms with van der Waals surface area (Å²) in [6.07, 6.45) is 7.87. The molecule has 0 fully saturated rings. The summed E-state index contributed by atoms with van der Waals surface area (Å²) in [7, 11) is 0. The van der Waals surface area contributed by atoms with Crippen LogP contribution in [0.1, 0.15) is 51.0 Å². The average molecular weight is 370 g/mol. The van der Waals surface area contributed by atoms with E-state index in [0.717, 1.165) is 26.8 Å². The van der Waals surface area contributed by atoms with Gasteiger partial charge in [0.25, 0.3) is 0 Å².